The van der Waals surface area contributed by atoms with Crippen molar-refractivity contribution in [2.45, 2.75) is 46.6 Å². The number of hydrogen-bond acceptors (Lipinski definition) is 3. The van der Waals surface area contributed by atoms with Gasteiger partial charge in [-0.1, -0.05) is 26.8 Å². The minimum absolute atomic E-state index is 0.440. The zero-order chi connectivity index (χ0) is 14.5. The summed E-state index contributed by atoms with van der Waals surface area (Å²) in [6.45, 7) is 10.4. The highest BCUT2D eigenvalue weighted by molar-refractivity contribution is 5.30. The summed E-state index contributed by atoms with van der Waals surface area (Å²) < 4.78 is 1.85. The van der Waals surface area contributed by atoms with Gasteiger partial charge in [-0.05, 0) is 43.5 Å². The van der Waals surface area contributed by atoms with E-state index in [0.717, 1.165) is 36.7 Å². The molecule has 0 spiro atoms. The Bertz CT molecular complexity index is 557. The summed E-state index contributed by atoms with van der Waals surface area (Å²) in [5.74, 6) is 1.32. The fourth-order valence-corrected chi connectivity index (χ4v) is 2.06. The number of rotatable bonds is 6. The lowest BCUT2D eigenvalue weighted by atomic mass is 10.1. The Labute approximate surface area is 121 Å². The van der Waals surface area contributed by atoms with E-state index in [4.69, 9.17) is 0 Å². The van der Waals surface area contributed by atoms with Gasteiger partial charge >= 0.3 is 0 Å². The summed E-state index contributed by atoms with van der Waals surface area (Å²) in [6.07, 6.45) is 3.13. The third-order valence-electron chi connectivity index (χ3n) is 3.36. The van der Waals surface area contributed by atoms with E-state index in [-0.39, 0.29) is 0 Å². The van der Waals surface area contributed by atoms with Crippen molar-refractivity contribution in [2.75, 3.05) is 6.54 Å². The third kappa shape index (κ3) is 3.45. The third-order valence-corrected chi connectivity index (χ3v) is 3.36. The Balaban J connectivity index is 2.15. The number of aryl methyl sites for hydroxylation is 1. The molecule has 0 radical (unpaired) electrons. The molecule has 0 aliphatic carbocycles. The second-order valence-electron chi connectivity index (χ2n) is 5.43. The van der Waals surface area contributed by atoms with Crippen LogP contribution in [0.5, 0.6) is 0 Å². The largest absolute Gasteiger partial charge is 0.313 e. The first kappa shape index (κ1) is 14.7. The van der Waals surface area contributed by atoms with Gasteiger partial charge in [0.15, 0.2) is 5.82 Å². The van der Waals surface area contributed by atoms with Gasteiger partial charge in [0.2, 0.25) is 0 Å². The first-order valence-corrected chi connectivity index (χ1v) is 7.35. The monoisotopic (exact) mass is 272 g/mol. The van der Waals surface area contributed by atoms with Crippen LogP contribution in [0.15, 0.2) is 24.4 Å². The van der Waals surface area contributed by atoms with E-state index in [1.807, 2.05) is 16.9 Å². The van der Waals surface area contributed by atoms with Crippen molar-refractivity contribution >= 4 is 0 Å². The highest BCUT2D eigenvalue weighted by Crippen LogP contribution is 2.14. The molecule has 0 saturated carbocycles. The maximum Gasteiger partial charge on any atom is 0.153 e. The summed E-state index contributed by atoms with van der Waals surface area (Å²) in [5, 5.41) is 7.97. The molecule has 0 aromatic carbocycles. The van der Waals surface area contributed by atoms with Crippen LogP contribution in [-0.4, -0.2) is 21.3 Å². The highest BCUT2D eigenvalue weighted by Gasteiger charge is 2.07. The molecule has 20 heavy (non-hydrogen) atoms. The number of hydrogen-bond donors (Lipinski definition) is 1. The van der Waals surface area contributed by atoms with Crippen LogP contribution in [0.4, 0.5) is 0 Å². The zero-order valence-electron chi connectivity index (χ0n) is 12.8. The van der Waals surface area contributed by atoms with Crippen molar-refractivity contribution in [1.82, 2.24) is 20.1 Å². The van der Waals surface area contributed by atoms with Gasteiger partial charge < -0.3 is 5.32 Å². The van der Waals surface area contributed by atoms with Crippen LogP contribution >= 0.6 is 0 Å². The molecule has 2 heterocycles. The van der Waals surface area contributed by atoms with E-state index in [2.05, 4.69) is 55.2 Å². The predicted octanol–water partition coefficient (Wildman–Crippen LogP) is 3.20. The quantitative estimate of drug-likeness (QED) is 0.821. The lowest BCUT2D eigenvalue weighted by Crippen LogP contribution is -2.15. The minimum atomic E-state index is 0.440. The Kier molecular flexibility index (Phi) is 4.90. The Morgan fingerprint density at radius 1 is 1.25 bits per heavy atom. The number of pyridine rings is 1. The molecule has 0 fully saturated rings. The van der Waals surface area contributed by atoms with Gasteiger partial charge in [-0.15, -0.1) is 0 Å². The van der Waals surface area contributed by atoms with E-state index in [1.165, 1.54) is 5.56 Å². The van der Waals surface area contributed by atoms with Crippen LogP contribution in [0.25, 0.3) is 5.82 Å². The van der Waals surface area contributed by atoms with Crippen LogP contribution in [-0.2, 0) is 6.54 Å². The van der Waals surface area contributed by atoms with Crippen molar-refractivity contribution < 1.29 is 0 Å². The molecule has 0 aliphatic rings. The summed E-state index contributed by atoms with van der Waals surface area (Å²) in [4.78, 5) is 4.66. The van der Waals surface area contributed by atoms with Gasteiger partial charge in [-0.2, -0.15) is 5.10 Å². The number of aromatic nitrogens is 3. The molecule has 0 unspecified atom stereocenters. The first-order chi connectivity index (χ1) is 9.61. The molecule has 1 N–H and O–H groups in total. The Hall–Kier alpha value is -1.68. The topological polar surface area (TPSA) is 42.7 Å². The van der Waals surface area contributed by atoms with E-state index in [9.17, 15) is 0 Å². The molecule has 0 amide bonds. The average molecular weight is 272 g/mol. The smallest absolute Gasteiger partial charge is 0.153 e. The van der Waals surface area contributed by atoms with Gasteiger partial charge in [0.25, 0.3) is 0 Å². The second kappa shape index (κ2) is 6.66. The van der Waals surface area contributed by atoms with Gasteiger partial charge in [0, 0.05) is 18.4 Å². The summed E-state index contributed by atoms with van der Waals surface area (Å²) in [7, 11) is 0. The van der Waals surface area contributed by atoms with Crippen molar-refractivity contribution in [3.63, 3.8) is 0 Å². The predicted molar refractivity (Wildman–Crippen MR) is 82.2 cm³/mol. The normalized spacial score (nSPS) is 11.2. The van der Waals surface area contributed by atoms with E-state index >= 15 is 0 Å². The van der Waals surface area contributed by atoms with Crippen LogP contribution in [0, 0.1) is 6.92 Å². The van der Waals surface area contributed by atoms with Crippen LogP contribution < -0.4 is 5.32 Å². The first-order valence-electron chi connectivity index (χ1n) is 7.35. The molecule has 4 nitrogen and oxygen atoms in total. The van der Waals surface area contributed by atoms with Crippen molar-refractivity contribution in [3.05, 3.63) is 41.3 Å². The Morgan fingerprint density at radius 3 is 2.65 bits per heavy atom. The molecule has 0 aliphatic heterocycles. The van der Waals surface area contributed by atoms with Crippen LogP contribution in [0.1, 0.15) is 50.1 Å². The lowest BCUT2D eigenvalue weighted by molar-refractivity contribution is 0.669. The zero-order valence-corrected chi connectivity index (χ0v) is 12.8. The molecular weight excluding hydrogens is 248 g/mol. The summed E-state index contributed by atoms with van der Waals surface area (Å²) in [6, 6.07) is 6.22. The molecule has 4 heteroatoms. The van der Waals surface area contributed by atoms with E-state index in [0.29, 0.717) is 5.92 Å². The van der Waals surface area contributed by atoms with Gasteiger partial charge in [-0.25, -0.2) is 9.67 Å². The molecule has 0 bridgehead atoms. The number of nitrogens with one attached hydrogen (secondary N) is 1. The molecule has 108 valence electrons. The Morgan fingerprint density at radius 2 is 2.05 bits per heavy atom. The minimum Gasteiger partial charge on any atom is -0.313 e. The van der Waals surface area contributed by atoms with E-state index in [1.54, 1.807) is 0 Å². The van der Waals surface area contributed by atoms with Crippen molar-refractivity contribution in [1.29, 1.82) is 0 Å². The molecule has 0 saturated heterocycles. The molecule has 0 atom stereocenters. The fraction of sp³-hybridized carbons (Fsp3) is 0.500. The second-order valence-corrected chi connectivity index (χ2v) is 5.43. The van der Waals surface area contributed by atoms with Crippen molar-refractivity contribution in [2.24, 2.45) is 0 Å². The molecule has 2 aromatic heterocycles. The summed E-state index contributed by atoms with van der Waals surface area (Å²) in [5.41, 5.74) is 3.41. The van der Waals surface area contributed by atoms with E-state index < -0.39 is 0 Å². The lowest BCUT2D eigenvalue weighted by Gasteiger charge is -2.09. The SMILES string of the molecule is CCCNCc1ccc(-n2ccc(C(C)C)n2)nc1C. The van der Waals surface area contributed by atoms with Crippen LogP contribution in [0.3, 0.4) is 0 Å². The molecule has 2 rings (SSSR count). The fourth-order valence-electron chi connectivity index (χ4n) is 2.06. The van der Waals surface area contributed by atoms with Gasteiger partial charge in [0.05, 0.1) is 5.69 Å². The highest BCUT2D eigenvalue weighted by atomic mass is 15.3. The summed E-state index contributed by atoms with van der Waals surface area (Å²) >= 11 is 0. The maximum absolute atomic E-state index is 4.66. The number of nitrogens with zero attached hydrogens (tertiary/aromatic N) is 3. The average Bonchev–Trinajstić information content (AvgIpc) is 2.90. The van der Waals surface area contributed by atoms with Crippen LogP contribution in [0.2, 0.25) is 0 Å². The maximum atomic E-state index is 4.66. The standard InChI is InChI=1S/C16H24N4/c1-5-9-17-11-14-6-7-16(18-13(14)4)20-10-8-15(19-20)12(2)3/h6-8,10,12,17H,5,9,11H2,1-4H3. The van der Waals surface area contributed by atoms with Gasteiger partial charge in [0.1, 0.15) is 0 Å². The molecular formula is C16H24N4. The van der Waals surface area contributed by atoms with Gasteiger partial charge in [-0.3, -0.25) is 0 Å². The molecule has 2 aromatic rings. The van der Waals surface area contributed by atoms with Crippen molar-refractivity contribution in [3.8, 4) is 5.82 Å².